The first-order valence-electron chi connectivity index (χ1n) is 8.07. The molecular formula is C15H30N2O3S. The lowest BCUT2D eigenvalue weighted by atomic mass is 10.1. The van der Waals surface area contributed by atoms with Crippen LogP contribution in [0.3, 0.4) is 0 Å². The maximum Gasteiger partial charge on any atom is 0.151 e. The van der Waals surface area contributed by atoms with E-state index in [0.29, 0.717) is 24.2 Å². The Balaban J connectivity index is 1.72. The second-order valence-corrected chi connectivity index (χ2v) is 9.70. The van der Waals surface area contributed by atoms with Crippen molar-refractivity contribution in [2.45, 2.75) is 57.8 Å². The van der Waals surface area contributed by atoms with E-state index in [9.17, 15) is 8.42 Å². The molecule has 0 radical (unpaired) electrons. The molecular weight excluding hydrogens is 288 g/mol. The fraction of sp³-hybridized carbons (Fsp3) is 1.00. The van der Waals surface area contributed by atoms with Crippen molar-refractivity contribution in [3.05, 3.63) is 0 Å². The first-order chi connectivity index (χ1) is 9.73. The normalized spacial score (nSPS) is 31.2. The molecule has 2 aliphatic rings. The number of rotatable bonds is 4. The fourth-order valence-corrected chi connectivity index (χ4v) is 4.25. The number of ether oxygens (including phenoxy) is 1. The van der Waals surface area contributed by atoms with Crippen LogP contribution in [0.15, 0.2) is 0 Å². The van der Waals surface area contributed by atoms with E-state index in [1.807, 2.05) is 0 Å². The third-order valence-electron chi connectivity index (χ3n) is 4.17. The van der Waals surface area contributed by atoms with Gasteiger partial charge in [-0.15, -0.1) is 0 Å². The Bertz CT molecular complexity index is 431. The van der Waals surface area contributed by atoms with Crippen molar-refractivity contribution in [2.75, 3.05) is 37.7 Å². The molecule has 124 valence electrons. The van der Waals surface area contributed by atoms with Crippen molar-refractivity contribution < 1.29 is 13.2 Å². The lowest BCUT2D eigenvalue weighted by Gasteiger charge is -2.25. The third kappa shape index (κ3) is 6.22. The van der Waals surface area contributed by atoms with E-state index in [1.54, 1.807) is 0 Å². The molecule has 0 aliphatic carbocycles. The van der Waals surface area contributed by atoms with E-state index in [4.69, 9.17) is 4.74 Å². The Morgan fingerprint density at radius 3 is 2.57 bits per heavy atom. The highest BCUT2D eigenvalue weighted by molar-refractivity contribution is 7.91. The molecule has 0 aromatic carbocycles. The summed E-state index contributed by atoms with van der Waals surface area (Å²) in [7, 11) is -2.81. The molecule has 0 amide bonds. The van der Waals surface area contributed by atoms with Gasteiger partial charge in [-0.05, 0) is 46.6 Å². The summed E-state index contributed by atoms with van der Waals surface area (Å²) in [5.74, 6) is 0.641. The summed E-state index contributed by atoms with van der Waals surface area (Å²) in [5, 5.41) is 3.49. The molecule has 0 aromatic heterocycles. The summed E-state index contributed by atoms with van der Waals surface area (Å²) < 4.78 is 29.3. The van der Waals surface area contributed by atoms with Crippen LogP contribution in [0.2, 0.25) is 0 Å². The Morgan fingerprint density at radius 1 is 1.14 bits per heavy atom. The minimum Gasteiger partial charge on any atom is -0.372 e. The van der Waals surface area contributed by atoms with E-state index < -0.39 is 9.84 Å². The summed E-state index contributed by atoms with van der Waals surface area (Å²) >= 11 is 0. The van der Waals surface area contributed by atoms with Gasteiger partial charge in [0.1, 0.15) is 0 Å². The van der Waals surface area contributed by atoms with Crippen molar-refractivity contribution in [2.24, 2.45) is 0 Å². The quantitative estimate of drug-likeness (QED) is 0.839. The van der Waals surface area contributed by atoms with Gasteiger partial charge in [0.2, 0.25) is 0 Å². The third-order valence-corrected chi connectivity index (χ3v) is 5.88. The maximum atomic E-state index is 11.6. The van der Waals surface area contributed by atoms with Crippen LogP contribution in [0.25, 0.3) is 0 Å². The van der Waals surface area contributed by atoms with Gasteiger partial charge in [0.25, 0.3) is 0 Å². The van der Waals surface area contributed by atoms with Gasteiger partial charge in [-0.25, -0.2) is 8.42 Å². The zero-order valence-corrected chi connectivity index (χ0v) is 14.4. The van der Waals surface area contributed by atoms with Crippen LogP contribution in [0.4, 0.5) is 0 Å². The maximum absolute atomic E-state index is 11.6. The van der Waals surface area contributed by atoms with Gasteiger partial charge < -0.3 is 10.1 Å². The summed E-state index contributed by atoms with van der Waals surface area (Å²) in [4.78, 5) is 2.26. The highest BCUT2D eigenvalue weighted by Crippen LogP contribution is 2.21. The second kappa shape index (κ2) is 6.94. The van der Waals surface area contributed by atoms with Crippen molar-refractivity contribution in [1.29, 1.82) is 0 Å². The number of hydrogen-bond acceptors (Lipinski definition) is 5. The van der Waals surface area contributed by atoms with Crippen LogP contribution >= 0.6 is 0 Å². The predicted octanol–water partition coefficient (Wildman–Crippen LogP) is 1.04. The predicted molar refractivity (Wildman–Crippen MR) is 85.4 cm³/mol. The second-order valence-electron chi connectivity index (χ2n) is 7.39. The van der Waals surface area contributed by atoms with Crippen molar-refractivity contribution in [3.63, 3.8) is 0 Å². The molecule has 0 saturated carbocycles. The molecule has 0 bridgehead atoms. The van der Waals surface area contributed by atoms with Gasteiger partial charge in [-0.1, -0.05) is 0 Å². The average Bonchev–Trinajstić information content (AvgIpc) is 2.73. The number of sulfone groups is 1. The molecule has 2 heterocycles. The van der Waals surface area contributed by atoms with E-state index in [2.05, 4.69) is 31.0 Å². The van der Waals surface area contributed by atoms with Crippen LogP contribution in [0.5, 0.6) is 0 Å². The Hall–Kier alpha value is -0.170. The summed E-state index contributed by atoms with van der Waals surface area (Å²) in [6, 6.07) is 0. The summed E-state index contributed by atoms with van der Waals surface area (Å²) in [6.07, 6.45) is 3.49. The highest BCUT2D eigenvalue weighted by atomic mass is 32.2. The lowest BCUT2D eigenvalue weighted by Crippen LogP contribution is -2.41. The molecule has 0 spiro atoms. The minimum absolute atomic E-state index is 0.126. The molecule has 21 heavy (non-hydrogen) atoms. The highest BCUT2D eigenvalue weighted by Gasteiger charge is 2.29. The molecule has 0 aromatic rings. The molecule has 2 fully saturated rings. The van der Waals surface area contributed by atoms with E-state index in [0.717, 1.165) is 38.9 Å². The molecule has 2 aliphatic heterocycles. The average molecular weight is 318 g/mol. The van der Waals surface area contributed by atoms with Gasteiger partial charge in [0.15, 0.2) is 9.84 Å². The van der Waals surface area contributed by atoms with Crippen molar-refractivity contribution in [1.82, 2.24) is 10.2 Å². The van der Waals surface area contributed by atoms with Crippen LogP contribution in [0, 0.1) is 0 Å². The van der Waals surface area contributed by atoms with E-state index in [1.165, 1.54) is 0 Å². The molecule has 2 saturated heterocycles. The van der Waals surface area contributed by atoms with Gasteiger partial charge in [0.05, 0.1) is 23.7 Å². The standard InChI is InChI=1S/C15H30N2O3S/c1-15(2,3)16-11-13-5-6-14(20-13)12-17-7-4-9-21(18,19)10-8-17/h13-14,16H,4-12H2,1-3H3. The Labute approximate surface area is 129 Å². The van der Waals surface area contributed by atoms with Crippen molar-refractivity contribution in [3.8, 4) is 0 Å². The molecule has 2 atom stereocenters. The number of nitrogens with zero attached hydrogens (tertiary/aromatic N) is 1. The largest absolute Gasteiger partial charge is 0.372 e. The monoisotopic (exact) mass is 318 g/mol. The van der Waals surface area contributed by atoms with Crippen molar-refractivity contribution >= 4 is 9.84 Å². The Morgan fingerprint density at radius 2 is 1.86 bits per heavy atom. The molecule has 5 nitrogen and oxygen atoms in total. The van der Waals surface area contributed by atoms with Crippen LogP contribution in [0.1, 0.15) is 40.0 Å². The van der Waals surface area contributed by atoms with Gasteiger partial charge in [0, 0.05) is 25.2 Å². The first kappa shape index (κ1) is 17.2. The number of hydrogen-bond donors (Lipinski definition) is 1. The van der Waals surface area contributed by atoms with Gasteiger partial charge in [-0.2, -0.15) is 0 Å². The zero-order valence-electron chi connectivity index (χ0n) is 13.6. The number of nitrogens with one attached hydrogen (secondary N) is 1. The molecule has 2 unspecified atom stereocenters. The Kier molecular flexibility index (Phi) is 5.68. The lowest BCUT2D eigenvalue weighted by molar-refractivity contribution is 0.0222. The van der Waals surface area contributed by atoms with Crippen LogP contribution in [-0.2, 0) is 14.6 Å². The van der Waals surface area contributed by atoms with E-state index >= 15 is 0 Å². The summed E-state index contributed by atoms with van der Waals surface area (Å²) in [5.41, 5.74) is 0.126. The van der Waals surface area contributed by atoms with Crippen LogP contribution < -0.4 is 5.32 Å². The first-order valence-corrected chi connectivity index (χ1v) is 9.89. The molecule has 2 rings (SSSR count). The van der Waals surface area contributed by atoms with Gasteiger partial charge >= 0.3 is 0 Å². The van der Waals surface area contributed by atoms with Gasteiger partial charge in [-0.3, -0.25) is 4.90 Å². The molecule has 1 N–H and O–H groups in total. The fourth-order valence-electron chi connectivity index (χ4n) is 2.95. The SMILES string of the molecule is CC(C)(C)NCC1CCC(CN2CCCS(=O)(=O)CC2)O1. The zero-order chi connectivity index (χ0) is 15.5. The minimum atomic E-state index is -2.81. The topological polar surface area (TPSA) is 58.6 Å². The summed E-state index contributed by atoms with van der Waals surface area (Å²) in [6.45, 7) is 9.80. The van der Waals surface area contributed by atoms with E-state index in [-0.39, 0.29) is 11.6 Å². The molecule has 6 heteroatoms. The van der Waals surface area contributed by atoms with Crippen LogP contribution in [-0.4, -0.2) is 68.7 Å². The smallest absolute Gasteiger partial charge is 0.151 e.